The number of benzene rings is 1. The first-order valence-electron chi connectivity index (χ1n) is 7.03. The lowest BCUT2D eigenvalue weighted by Crippen LogP contribution is -2.24. The van der Waals surface area contributed by atoms with E-state index in [9.17, 15) is 0 Å². The minimum absolute atomic E-state index is 0.606. The summed E-state index contributed by atoms with van der Waals surface area (Å²) >= 11 is 0. The zero-order valence-corrected chi connectivity index (χ0v) is 11.8. The largest absolute Gasteiger partial charge is 0.381 e. The van der Waals surface area contributed by atoms with E-state index in [1.807, 2.05) is 0 Å². The molecule has 1 N–H and O–H groups in total. The second kappa shape index (κ2) is 6.10. The van der Waals surface area contributed by atoms with Gasteiger partial charge in [-0.05, 0) is 58.1 Å². The minimum atomic E-state index is 0.606. The summed E-state index contributed by atoms with van der Waals surface area (Å²) in [6.45, 7) is 8.88. The van der Waals surface area contributed by atoms with Crippen molar-refractivity contribution in [1.29, 1.82) is 0 Å². The molecule has 3 heteroatoms. The maximum absolute atomic E-state index is 3.61. The predicted molar refractivity (Wildman–Crippen MR) is 79.5 cm³/mol. The number of likely N-dealkylation sites (tertiary alicyclic amines) is 1. The molecule has 2 rings (SSSR count). The van der Waals surface area contributed by atoms with Crippen LogP contribution in [0.25, 0.3) is 0 Å². The van der Waals surface area contributed by atoms with Gasteiger partial charge in [-0.2, -0.15) is 0 Å². The van der Waals surface area contributed by atoms with E-state index in [-0.39, 0.29) is 0 Å². The number of hydrogen-bond acceptors (Lipinski definition) is 3. The molecule has 0 aliphatic carbocycles. The molecule has 0 radical (unpaired) electrons. The van der Waals surface area contributed by atoms with Crippen LogP contribution in [0.15, 0.2) is 24.3 Å². The molecule has 1 unspecified atom stereocenters. The lowest BCUT2D eigenvalue weighted by Gasteiger charge is -2.21. The van der Waals surface area contributed by atoms with Crippen molar-refractivity contribution in [2.75, 3.05) is 43.4 Å². The van der Waals surface area contributed by atoms with Gasteiger partial charge in [0, 0.05) is 37.1 Å². The molecular weight excluding hydrogens is 222 g/mol. The fraction of sp³-hybridized carbons (Fsp3) is 0.600. The molecule has 1 atom stereocenters. The average Bonchev–Trinajstić information content (AvgIpc) is 2.78. The topological polar surface area (TPSA) is 18.5 Å². The highest BCUT2D eigenvalue weighted by atomic mass is 15.2. The van der Waals surface area contributed by atoms with Crippen LogP contribution >= 0.6 is 0 Å². The van der Waals surface area contributed by atoms with Crippen LogP contribution in [-0.2, 0) is 0 Å². The molecule has 1 aliphatic heterocycles. The fourth-order valence-electron chi connectivity index (χ4n) is 2.65. The van der Waals surface area contributed by atoms with Gasteiger partial charge in [-0.15, -0.1) is 0 Å². The summed E-state index contributed by atoms with van der Waals surface area (Å²) < 4.78 is 0. The van der Waals surface area contributed by atoms with Crippen molar-refractivity contribution in [3.05, 3.63) is 24.3 Å². The third-order valence-corrected chi connectivity index (χ3v) is 3.76. The van der Waals surface area contributed by atoms with Crippen molar-refractivity contribution >= 4 is 11.4 Å². The van der Waals surface area contributed by atoms with Gasteiger partial charge >= 0.3 is 0 Å². The van der Waals surface area contributed by atoms with Crippen LogP contribution in [0.2, 0.25) is 0 Å². The van der Waals surface area contributed by atoms with Crippen molar-refractivity contribution in [2.45, 2.75) is 26.3 Å². The molecule has 0 saturated carbocycles. The molecule has 100 valence electrons. The molecule has 0 bridgehead atoms. The van der Waals surface area contributed by atoms with E-state index < -0.39 is 0 Å². The van der Waals surface area contributed by atoms with Crippen molar-refractivity contribution in [3.8, 4) is 0 Å². The Bertz CT molecular complexity index is 357. The van der Waals surface area contributed by atoms with Crippen LogP contribution in [0.5, 0.6) is 0 Å². The summed E-state index contributed by atoms with van der Waals surface area (Å²) in [5, 5.41) is 3.61. The van der Waals surface area contributed by atoms with Crippen LogP contribution < -0.4 is 10.2 Å². The Morgan fingerprint density at radius 1 is 1.22 bits per heavy atom. The van der Waals surface area contributed by atoms with Gasteiger partial charge in [0.15, 0.2) is 0 Å². The van der Waals surface area contributed by atoms with E-state index in [4.69, 9.17) is 0 Å². The summed E-state index contributed by atoms with van der Waals surface area (Å²) in [4.78, 5) is 4.75. The molecule has 3 nitrogen and oxygen atoms in total. The Balaban J connectivity index is 1.95. The molecule has 0 amide bonds. The van der Waals surface area contributed by atoms with Gasteiger partial charge in [-0.3, -0.25) is 0 Å². The van der Waals surface area contributed by atoms with Gasteiger partial charge in [0.1, 0.15) is 0 Å². The first kappa shape index (κ1) is 13.2. The van der Waals surface area contributed by atoms with Crippen LogP contribution in [0.4, 0.5) is 11.4 Å². The Labute approximate surface area is 111 Å². The minimum Gasteiger partial charge on any atom is -0.381 e. The van der Waals surface area contributed by atoms with Gasteiger partial charge in [0.25, 0.3) is 0 Å². The summed E-state index contributed by atoms with van der Waals surface area (Å²) in [5.74, 6) is 0. The van der Waals surface area contributed by atoms with E-state index in [1.54, 1.807) is 0 Å². The highest BCUT2D eigenvalue weighted by molar-refractivity contribution is 5.55. The average molecular weight is 247 g/mol. The van der Waals surface area contributed by atoms with Crippen molar-refractivity contribution in [3.63, 3.8) is 0 Å². The highest BCUT2D eigenvalue weighted by Crippen LogP contribution is 2.20. The zero-order chi connectivity index (χ0) is 13.0. The predicted octanol–water partition coefficient (Wildman–Crippen LogP) is 2.65. The Kier molecular flexibility index (Phi) is 4.48. The summed E-state index contributed by atoms with van der Waals surface area (Å²) in [6.07, 6.45) is 1.24. The van der Waals surface area contributed by atoms with Crippen molar-refractivity contribution in [1.82, 2.24) is 4.90 Å². The van der Waals surface area contributed by atoms with Gasteiger partial charge in [-0.25, -0.2) is 0 Å². The molecule has 1 aromatic rings. The molecule has 1 aliphatic rings. The maximum Gasteiger partial charge on any atom is 0.0400 e. The molecule has 0 spiro atoms. The second-order valence-corrected chi connectivity index (χ2v) is 5.11. The number of hydrogen-bond donors (Lipinski definition) is 1. The maximum atomic E-state index is 3.61. The molecular formula is C15H25N3. The highest BCUT2D eigenvalue weighted by Gasteiger charge is 2.18. The number of nitrogens with zero attached hydrogens (tertiary/aromatic N) is 2. The Morgan fingerprint density at radius 2 is 1.89 bits per heavy atom. The number of likely N-dealkylation sites (N-methyl/N-ethyl adjacent to an activating group) is 1. The number of rotatable bonds is 5. The van der Waals surface area contributed by atoms with Crippen LogP contribution in [0.3, 0.4) is 0 Å². The third kappa shape index (κ3) is 3.16. The van der Waals surface area contributed by atoms with E-state index in [0.29, 0.717) is 6.04 Å². The molecule has 18 heavy (non-hydrogen) atoms. The van der Waals surface area contributed by atoms with Crippen LogP contribution in [0, 0.1) is 0 Å². The SMILES string of the molecule is CCN(CC)c1ccc(NC2CCN(C)C2)cc1. The van der Waals surface area contributed by atoms with Crippen molar-refractivity contribution < 1.29 is 0 Å². The van der Waals surface area contributed by atoms with E-state index >= 15 is 0 Å². The smallest absolute Gasteiger partial charge is 0.0400 e. The zero-order valence-electron chi connectivity index (χ0n) is 11.8. The first-order valence-corrected chi connectivity index (χ1v) is 7.03. The van der Waals surface area contributed by atoms with Gasteiger partial charge < -0.3 is 15.1 Å². The number of nitrogens with one attached hydrogen (secondary N) is 1. The second-order valence-electron chi connectivity index (χ2n) is 5.11. The normalized spacial score (nSPS) is 20.1. The number of anilines is 2. The van der Waals surface area contributed by atoms with E-state index in [0.717, 1.165) is 19.6 Å². The summed E-state index contributed by atoms with van der Waals surface area (Å²) in [5.41, 5.74) is 2.56. The first-order chi connectivity index (χ1) is 8.72. The van der Waals surface area contributed by atoms with Gasteiger partial charge in [0.2, 0.25) is 0 Å². The quantitative estimate of drug-likeness (QED) is 0.863. The van der Waals surface area contributed by atoms with Crippen LogP contribution in [0.1, 0.15) is 20.3 Å². The Hall–Kier alpha value is -1.22. The van der Waals surface area contributed by atoms with E-state index in [1.165, 1.54) is 24.3 Å². The van der Waals surface area contributed by atoms with Gasteiger partial charge in [0.05, 0.1) is 0 Å². The lowest BCUT2D eigenvalue weighted by atomic mass is 10.2. The molecule has 1 heterocycles. The molecule has 0 aromatic heterocycles. The molecule has 1 fully saturated rings. The third-order valence-electron chi connectivity index (χ3n) is 3.76. The van der Waals surface area contributed by atoms with Crippen LogP contribution in [-0.4, -0.2) is 44.2 Å². The summed E-state index contributed by atoms with van der Waals surface area (Å²) in [6, 6.07) is 9.44. The lowest BCUT2D eigenvalue weighted by molar-refractivity contribution is 0.414. The monoisotopic (exact) mass is 247 g/mol. The summed E-state index contributed by atoms with van der Waals surface area (Å²) in [7, 11) is 2.19. The molecule has 1 saturated heterocycles. The Morgan fingerprint density at radius 3 is 2.39 bits per heavy atom. The van der Waals surface area contributed by atoms with Crippen molar-refractivity contribution in [2.24, 2.45) is 0 Å². The van der Waals surface area contributed by atoms with E-state index in [2.05, 4.69) is 60.3 Å². The standard InChI is InChI=1S/C15H25N3/c1-4-18(5-2)15-8-6-13(7-9-15)16-14-10-11-17(3)12-14/h6-9,14,16H,4-5,10-12H2,1-3H3. The molecule has 1 aromatic carbocycles. The fourth-order valence-corrected chi connectivity index (χ4v) is 2.65. The van der Waals surface area contributed by atoms with Gasteiger partial charge in [-0.1, -0.05) is 0 Å².